The summed E-state index contributed by atoms with van der Waals surface area (Å²) in [4.78, 5) is 15.9. The molecule has 0 aliphatic heterocycles. The maximum Gasteiger partial charge on any atom is 0.257 e. The highest BCUT2D eigenvalue weighted by Gasteiger charge is 2.08. The molecule has 102 valence electrons. The fraction of sp³-hybridized carbons (Fsp3) is 0.0714. The Morgan fingerprint density at radius 1 is 1.25 bits per heavy atom. The average molecular weight is 287 g/mol. The molecule has 2 N–H and O–H groups in total. The van der Waals surface area contributed by atoms with Crippen LogP contribution >= 0.6 is 12.2 Å². The van der Waals surface area contributed by atoms with Crippen LogP contribution in [0, 0.1) is 0 Å². The van der Waals surface area contributed by atoms with Gasteiger partial charge >= 0.3 is 0 Å². The molecular formula is C14H13N3O2S. The fourth-order valence-electron chi connectivity index (χ4n) is 1.52. The molecule has 0 fully saturated rings. The number of carbonyl (C=O) groups excluding carboxylic acids is 1. The number of ether oxygens (including phenoxy) is 1. The van der Waals surface area contributed by atoms with E-state index in [1.807, 2.05) is 0 Å². The molecule has 0 saturated carbocycles. The molecule has 0 unspecified atom stereocenters. The lowest BCUT2D eigenvalue weighted by Gasteiger charge is -2.09. The number of hydrogen-bond acceptors (Lipinski definition) is 4. The summed E-state index contributed by atoms with van der Waals surface area (Å²) in [7, 11) is 1.57. The van der Waals surface area contributed by atoms with Gasteiger partial charge in [0.2, 0.25) is 0 Å². The largest absolute Gasteiger partial charge is 0.497 e. The van der Waals surface area contributed by atoms with E-state index < -0.39 is 0 Å². The Labute approximate surface area is 122 Å². The lowest BCUT2D eigenvalue weighted by Crippen LogP contribution is -2.34. The molecule has 0 atom stereocenters. The standard InChI is InChI=1S/C14H13N3O2S/c1-19-12-6-4-10(5-7-12)13(18)17-14(20)16-11-3-2-8-15-9-11/h2-9H,1H3,(H2,16,17,18,20). The van der Waals surface area contributed by atoms with E-state index in [0.717, 1.165) is 0 Å². The van der Waals surface area contributed by atoms with Crippen molar-refractivity contribution in [1.82, 2.24) is 10.3 Å². The minimum atomic E-state index is -0.283. The average Bonchev–Trinajstić information content (AvgIpc) is 2.48. The van der Waals surface area contributed by atoms with Crippen LogP contribution in [0.25, 0.3) is 0 Å². The van der Waals surface area contributed by atoms with Crippen molar-refractivity contribution in [2.75, 3.05) is 12.4 Å². The molecule has 0 bridgehead atoms. The molecule has 1 aromatic carbocycles. The van der Waals surface area contributed by atoms with Gasteiger partial charge in [-0.3, -0.25) is 15.1 Å². The van der Waals surface area contributed by atoms with Crippen LogP contribution in [0.3, 0.4) is 0 Å². The van der Waals surface area contributed by atoms with Crippen molar-refractivity contribution in [2.24, 2.45) is 0 Å². The summed E-state index contributed by atoms with van der Waals surface area (Å²) >= 11 is 5.07. The predicted octanol–water partition coefficient (Wildman–Crippen LogP) is 2.22. The van der Waals surface area contributed by atoms with Crippen LogP contribution in [0.1, 0.15) is 10.4 Å². The van der Waals surface area contributed by atoms with E-state index in [9.17, 15) is 4.79 Å². The summed E-state index contributed by atoms with van der Waals surface area (Å²) in [6.07, 6.45) is 3.27. The molecule has 0 radical (unpaired) electrons. The number of nitrogens with zero attached hydrogens (tertiary/aromatic N) is 1. The van der Waals surface area contributed by atoms with Gasteiger partial charge in [0.1, 0.15) is 5.75 Å². The number of thiocarbonyl (C=S) groups is 1. The number of carbonyl (C=O) groups is 1. The molecule has 1 aromatic heterocycles. The number of anilines is 1. The molecule has 0 aliphatic carbocycles. The molecule has 5 nitrogen and oxygen atoms in total. The number of methoxy groups -OCH3 is 1. The lowest BCUT2D eigenvalue weighted by molar-refractivity contribution is 0.0977. The number of pyridine rings is 1. The molecule has 20 heavy (non-hydrogen) atoms. The van der Waals surface area contributed by atoms with Crippen LogP contribution in [0.15, 0.2) is 48.8 Å². The van der Waals surface area contributed by atoms with E-state index in [2.05, 4.69) is 15.6 Å². The van der Waals surface area contributed by atoms with Gasteiger partial charge in [-0.1, -0.05) is 0 Å². The quantitative estimate of drug-likeness (QED) is 0.848. The Balaban J connectivity index is 1.95. The number of rotatable bonds is 3. The molecule has 2 rings (SSSR count). The van der Waals surface area contributed by atoms with Crippen molar-refractivity contribution in [1.29, 1.82) is 0 Å². The van der Waals surface area contributed by atoms with Gasteiger partial charge in [0, 0.05) is 11.8 Å². The van der Waals surface area contributed by atoms with Crippen molar-refractivity contribution in [3.63, 3.8) is 0 Å². The maximum atomic E-state index is 11.9. The Morgan fingerprint density at radius 3 is 2.60 bits per heavy atom. The van der Waals surface area contributed by atoms with E-state index in [-0.39, 0.29) is 11.0 Å². The topological polar surface area (TPSA) is 63.2 Å². The molecule has 0 aliphatic rings. The smallest absolute Gasteiger partial charge is 0.257 e. The zero-order valence-electron chi connectivity index (χ0n) is 10.8. The normalized spacial score (nSPS) is 9.65. The zero-order chi connectivity index (χ0) is 14.4. The molecule has 1 heterocycles. The Bertz CT molecular complexity index is 600. The molecule has 0 spiro atoms. The SMILES string of the molecule is COc1ccc(C(=O)NC(=S)Nc2cccnc2)cc1. The van der Waals surface area contributed by atoms with E-state index >= 15 is 0 Å². The first-order valence-corrected chi connectivity index (χ1v) is 6.26. The number of aromatic nitrogens is 1. The second-order valence-corrected chi connectivity index (χ2v) is 4.29. The van der Waals surface area contributed by atoms with Crippen molar-refractivity contribution < 1.29 is 9.53 Å². The summed E-state index contributed by atoms with van der Waals surface area (Å²) in [6.45, 7) is 0. The Kier molecular flexibility index (Phi) is 4.62. The van der Waals surface area contributed by atoms with Crippen molar-refractivity contribution in [2.45, 2.75) is 0 Å². The second-order valence-electron chi connectivity index (χ2n) is 3.88. The maximum absolute atomic E-state index is 11.9. The summed E-state index contributed by atoms with van der Waals surface area (Å²) in [5.41, 5.74) is 1.22. The van der Waals surface area contributed by atoms with Crippen LogP contribution in [0.2, 0.25) is 0 Å². The molecule has 1 amide bonds. The molecular weight excluding hydrogens is 274 g/mol. The van der Waals surface area contributed by atoms with Crippen LogP contribution < -0.4 is 15.4 Å². The summed E-state index contributed by atoms with van der Waals surface area (Å²) < 4.78 is 5.03. The summed E-state index contributed by atoms with van der Waals surface area (Å²) in [5, 5.41) is 5.69. The second kappa shape index (κ2) is 6.63. The predicted molar refractivity (Wildman–Crippen MR) is 80.9 cm³/mol. The third-order valence-electron chi connectivity index (χ3n) is 2.50. The van der Waals surface area contributed by atoms with Gasteiger partial charge in [0.15, 0.2) is 5.11 Å². The molecule has 2 aromatic rings. The number of amides is 1. The minimum Gasteiger partial charge on any atom is -0.497 e. The first kappa shape index (κ1) is 14.0. The number of benzene rings is 1. The first-order chi connectivity index (χ1) is 9.69. The fourth-order valence-corrected chi connectivity index (χ4v) is 1.73. The first-order valence-electron chi connectivity index (χ1n) is 5.85. The van der Waals surface area contributed by atoms with Gasteiger partial charge in [0.05, 0.1) is 19.0 Å². The van der Waals surface area contributed by atoms with E-state index in [1.54, 1.807) is 55.9 Å². The Morgan fingerprint density at radius 2 is 2.00 bits per heavy atom. The van der Waals surface area contributed by atoms with Crippen molar-refractivity contribution in [3.8, 4) is 5.75 Å². The van der Waals surface area contributed by atoms with Crippen LogP contribution in [-0.2, 0) is 0 Å². The van der Waals surface area contributed by atoms with Crippen LogP contribution in [-0.4, -0.2) is 23.1 Å². The zero-order valence-corrected chi connectivity index (χ0v) is 11.6. The van der Waals surface area contributed by atoms with E-state index in [4.69, 9.17) is 17.0 Å². The van der Waals surface area contributed by atoms with E-state index in [0.29, 0.717) is 17.0 Å². The number of hydrogen-bond donors (Lipinski definition) is 2. The Hall–Kier alpha value is -2.47. The van der Waals surface area contributed by atoms with Gasteiger partial charge in [-0.2, -0.15) is 0 Å². The highest BCUT2D eigenvalue weighted by Crippen LogP contribution is 2.11. The lowest BCUT2D eigenvalue weighted by atomic mass is 10.2. The van der Waals surface area contributed by atoms with Crippen LogP contribution in [0.5, 0.6) is 5.75 Å². The van der Waals surface area contributed by atoms with Gasteiger partial charge in [0.25, 0.3) is 5.91 Å². The minimum absolute atomic E-state index is 0.221. The van der Waals surface area contributed by atoms with E-state index in [1.165, 1.54) is 0 Å². The summed E-state index contributed by atoms with van der Waals surface area (Å²) in [5.74, 6) is 0.409. The number of nitrogens with one attached hydrogen (secondary N) is 2. The highest BCUT2D eigenvalue weighted by molar-refractivity contribution is 7.80. The summed E-state index contributed by atoms with van der Waals surface area (Å²) in [6, 6.07) is 10.3. The third-order valence-corrected chi connectivity index (χ3v) is 2.70. The monoisotopic (exact) mass is 287 g/mol. The van der Waals surface area contributed by atoms with Crippen molar-refractivity contribution >= 4 is 28.9 Å². The van der Waals surface area contributed by atoms with Gasteiger partial charge in [-0.15, -0.1) is 0 Å². The molecule has 0 saturated heterocycles. The van der Waals surface area contributed by atoms with Crippen molar-refractivity contribution in [3.05, 3.63) is 54.4 Å². The van der Waals surface area contributed by atoms with Crippen LogP contribution in [0.4, 0.5) is 5.69 Å². The van der Waals surface area contributed by atoms with Gasteiger partial charge in [-0.25, -0.2) is 0 Å². The van der Waals surface area contributed by atoms with Gasteiger partial charge in [-0.05, 0) is 48.6 Å². The third kappa shape index (κ3) is 3.76. The highest BCUT2D eigenvalue weighted by atomic mass is 32.1. The molecule has 6 heteroatoms. The van der Waals surface area contributed by atoms with Gasteiger partial charge < -0.3 is 10.1 Å².